The summed E-state index contributed by atoms with van der Waals surface area (Å²) in [6.07, 6.45) is 1.66. The third-order valence-corrected chi connectivity index (χ3v) is 5.41. The van der Waals surface area contributed by atoms with Gasteiger partial charge in [0.1, 0.15) is 11.9 Å². The minimum Gasteiger partial charge on any atom is -0.490 e. The molecule has 3 aromatic rings. The van der Waals surface area contributed by atoms with Gasteiger partial charge in [0.25, 0.3) is 11.5 Å². The average Bonchev–Trinajstić information content (AvgIpc) is 2.71. The summed E-state index contributed by atoms with van der Waals surface area (Å²) in [5, 5.41) is 0.813. The molecule has 1 aliphatic rings. The zero-order chi connectivity index (χ0) is 19.7. The van der Waals surface area contributed by atoms with Crippen LogP contribution in [0.3, 0.4) is 0 Å². The lowest BCUT2D eigenvalue weighted by Crippen LogP contribution is -2.42. The molecule has 1 saturated heterocycles. The molecular formula is C23H24N2O3. The molecule has 5 nitrogen and oxygen atoms in total. The van der Waals surface area contributed by atoms with Gasteiger partial charge >= 0.3 is 0 Å². The lowest BCUT2D eigenvalue weighted by atomic mass is 10.0. The quantitative estimate of drug-likeness (QED) is 0.703. The predicted octanol–water partition coefficient (Wildman–Crippen LogP) is 3.53. The number of para-hydroxylation sites is 1. The van der Waals surface area contributed by atoms with Gasteiger partial charge in [-0.3, -0.25) is 9.59 Å². The van der Waals surface area contributed by atoms with E-state index in [2.05, 4.69) is 0 Å². The van der Waals surface area contributed by atoms with Crippen LogP contribution in [0.2, 0.25) is 0 Å². The van der Waals surface area contributed by atoms with Gasteiger partial charge in [-0.25, -0.2) is 0 Å². The smallest absolute Gasteiger partial charge is 0.254 e. The Labute approximate surface area is 164 Å². The molecular weight excluding hydrogens is 352 g/mol. The highest BCUT2D eigenvalue weighted by atomic mass is 16.5. The van der Waals surface area contributed by atoms with Crippen LogP contribution in [0.15, 0.2) is 59.4 Å². The highest BCUT2D eigenvalue weighted by Gasteiger charge is 2.26. The van der Waals surface area contributed by atoms with Crippen molar-refractivity contribution < 1.29 is 9.53 Å². The zero-order valence-electron chi connectivity index (χ0n) is 16.2. The summed E-state index contributed by atoms with van der Waals surface area (Å²) in [6.45, 7) is 3.29. The van der Waals surface area contributed by atoms with Crippen molar-refractivity contribution in [3.05, 3.63) is 76.1 Å². The molecule has 1 aromatic heterocycles. The first-order valence-corrected chi connectivity index (χ1v) is 9.64. The molecule has 2 aromatic carbocycles. The number of rotatable bonds is 3. The van der Waals surface area contributed by atoms with Gasteiger partial charge in [0.05, 0.1) is 11.1 Å². The normalized spacial score (nSPS) is 15.0. The van der Waals surface area contributed by atoms with E-state index in [4.69, 9.17) is 4.74 Å². The van der Waals surface area contributed by atoms with Crippen LogP contribution in [0.4, 0.5) is 0 Å². The highest BCUT2D eigenvalue weighted by molar-refractivity contribution is 6.06. The summed E-state index contributed by atoms with van der Waals surface area (Å²) in [7, 11) is 1.73. The van der Waals surface area contributed by atoms with E-state index in [0.29, 0.717) is 18.7 Å². The van der Waals surface area contributed by atoms with Gasteiger partial charge < -0.3 is 14.2 Å². The predicted molar refractivity (Wildman–Crippen MR) is 110 cm³/mol. The molecule has 1 fully saturated rings. The van der Waals surface area contributed by atoms with Crippen LogP contribution >= 0.6 is 0 Å². The summed E-state index contributed by atoms with van der Waals surface area (Å²) in [5.74, 6) is 0.797. The molecule has 0 bridgehead atoms. The van der Waals surface area contributed by atoms with Crippen LogP contribution in [0, 0.1) is 6.92 Å². The Hall–Kier alpha value is -3.08. The van der Waals surface area contributed by atoms with Crippen molar-refractivity contribution in [2.75, 3.05) is 13.1 Å². The van der Waals surface area contributed by atoms with E-state index in [0.717, 1.165) is 29.5 Å². The Morgan fingerprint density at radius 3 is 2.54 bits per heavy atom. The minimum absolute atomic E-state index is 0.0806. The number of ether oxygens (including phenoxy) is 1. The maximum absolute atomic E-state index is 13.1. The van der Waals surface area contributed by atoms with Gasteiger partial charge in [-0.1, -0.05) is 30.3 Å². The maximum atomic E-state index is 13.1. The van der Waals surface area contributed by atoms with E-state index in [1.807, 2.05) is 60.4 Å². The Kier molecular flexibility index (Phi) is 4.90. The van der Waals surface area contributed by atoms with Crippen LogP contribution in [0.25, 0.3) is 10.9 Å². The number of hydrogen-bond acceptors (Lipinski definition) is 3. The number of fused-ring (bicyclic) bond motifs is 1. The number of benzene rings is 2. The molecule has 1 aliphatic heterocycles. The molecule has 0 atom stereocenters. The first-order chi connectivity index (χ1) is 13.5. The van der Waals surface area contributed by atoms with Gasteiger partial charge in [-0.2, -0.15) is 0 Å². The standard InChI is InChI=1S/C23H24N2O3/c1-16-6-5-7-18(14-16)28-17-10-12-25(13-11-17)23(27)20-15-22(26)24(2)21-9-4-3-8-19(20)21/h3-9,14-15,17H,10-13H2,1-2H3. The third kappa shape index (κ3) is 3.52. The summed E-state index contributed by atoms with van der Waals surface area (Å²) in [4.78, 5) is 27.3. The topological polar surface area (TPSA) is 51.5 Å². The molecule has 144 valence electrons. The number of aromatic nitrogens is 1. The Bertz CT molecular complexity index is 1080. The van der Waals surface area contributed by atoms with Crippen molar-refractivity contribution in [2.45, 2.75) is 25.9 Å². The second-order valence-electron chi connectivity index (χ2n) is 7.40. The Morgan fingerprint density at radius 1 is 1.04 bits per heavy atom. The fraction of sp³-hybridized carbons (Fsp3) is 0.304. The van der Waals surface area contributed by atoms with Crippen molar-refractivity contribution in [2.24, 2.45) is 7.05 Å². The molecule has 0 spiro atoms. The molecule has 5 heteroatoms. The number of piperidine rings is 1. The second-order valence-corrected chi connectivity index (χ2v) is 7.40. The summed E-state index contributed by atoms with van der Waals surface area (Å²) < 4.78 is 7.66. The SMILES string of the molecule is Cc1cccc(OC2CCN(C(=O)c3cc(=O)n(C)c4ccccc34)CC2)c1. The van der Waals surface area contributed by atoms with E-state index >= 15 is 0 Å². The van der Waals surface area contributed by atoms with Gasteiger partial charge in [0, 0.05) is 44.4 Å². The minimum atomic E-state index is -0.167. The molecule has 0 aliphatic carbocycles. The second kappa shape index (κ2) is 7.50. The van der Waals surface area contributed by atoms with E-state index in [9.17, 15) is 9.59 Å². The monoisotopic (exact) mass is 376 g/mol. The number of likely N-dealkylation sites (tertiary alicyclic amines) is 1. The van der Waals surface area contributed by atoms with Crippen molar-refractivity contribution in [1.29, 1.82) is 0 Å². The molecule has 1 amide bonds. The van der Waals surface area contributed by atoms with E-state index in [-0.39, 0.29) is 17.6 Å². The number of hydrogen-bond donors (Lipinski definition) is 0. The first-order valence-electron chi connectivity index (χ1n) is 9.64. The van der Waals surface area contributed by atoms with Crippen molar-refractivity contribution in [3.63, 3.8) is 0 Å². The van der Waals surface area contributed by atoms with Gasteiger partial charge in [-0.05, 0) is 30.7 Å². The molecule has 4 rings (SSSR count). The maximum Gasteiger partial charge on any atom is 0.254 e. The van der Waals surface area contributed by atoms with Crippen LogP contribution < -0.4 is 10.3 Å². The molecule has 0 radical (unpaired) electrons. The molecule has 0 saturated carbocycles. The van der Waals surface area contributed by atoms with Crippen molar-refractivity contribution in [1.82, 2.24) is 9.47 Å². The zero-order valence-corrected chi connectivity index (χ0v) is 16.2. The third-order valence-electron chi connectivity index (χ3n) is 5.41. The molecule has 28 heavy (non-hydrogen) atoms. The number of carbonyl (C=O) groups is 1. The van der Waals surface area contributed by atoms with E-state index < -0.39 is 0 Å². The van der Waals surface area contributed by atoms with Crippen LogP contribution in [0.5, 0.6) is 5.75 Å². The van der Waals surface area contributed by atoms with Gasteiger partial charge in [-0.15, -0.1) is 0 Å². The van der Waals surface area contributed by atoms with Crippen molar-refractivity contribution in [3.8, 4) is 5.75 Å². The summed E-state index contributed by atoms with van der Waals surface area (Å²) in [6, 6.07) is 17.0. The fourth-order valence-electron chi connectivity index (χ4n) is 3.82. The molecule has 0 unspecified atom stereocenters. The number of nitrogens with zero attached hydrogens (tertiary/aromatic N) is 2. The number of carbonyl (C=O) groups excluding carboxylic acids is 1. The van der Waals surface area contributed by atoms with E-state index in [1.54, 1.807) is 11.6 Å². The highest BCUT2D eigenvalue weighted by Crippen LogP contribution is 2.23. The summed E-state index contributed by atoms with van der Waals surface area (Å²) in [5.41, 5.74) is 2.26. The lowest BCUT2D eigenvalue weighted by molar-refractivity contribution is 0.0597. The Balaban J connectivity index is 1.50. The number of pyridine rings is 1. The van der Waals surface area contributed by atoms with Gasteiger partial charge in [0.2, 0.25) is 0 Å². The Morgan fingerprint density at radius 2 is 1.79 bits per heavy atom. The van der Waals surface area contributed by atoms with Gasteiger partial charge in [0.15, 0.2) is 0 Å². The summed E-state index contributed by atoms with van der Waals surface area (Å²) >= 11 is 0. The van der Waals surface area contributed by atoms with E-state index in [1.165, 1.54) is 11.6 Å². The van der Waals surface area contributed by atoms with Crippen molar-refractivity contribution >= 4 is 16.8 Å². The average molecular weight is 376 g/mol. The van der Waals surface area contributed by atoms with Crippen LogP contribution in [-0.4, -0.2) is 34.6 Å². The fourth-order valence-corrected chi connectivity index (χ4v) is 3.82. The van der Waals surface area contributed by atoms with Crippen LogP contribution in [0.1, 0.15) is 28.8 Å². The van der Waals surface area contributed by atoms with Crippen LogP contribution in [-0.2, 0) is 7.05 Å². The molecule has 2 heterocycles. The lowest BCUT2D eigenvalue weighted by Gasteiger charge is -2.32. The first kappa shape index (κ1) is 18.3. The molecule has 0 N–H and O–H groups in total. The largest absolute Gasteiger partial charge is 0.490 e. The number of amides is 1. The number of aryl methyl sites for hydroxylation is 2.